The molecule has 0 atom stereocenters. The first kappa shape index (κ1) is 11.1. The lowest BCUT2D eigenvalue weighted by molar-refractivity contribution is 0.0898. The van der Waals surface area contributed by atoms with Crippen LogP contribution in [0.1, 0.15) is 24.6 Å². The standard InChI is InChI=1S/C11H10BrNO3/c1-2-3-10(14)13-8-5-4-7(12)6-9(8)16-11(13)15/h4-6H,2-3H2,1H3. The number of rotatable bonds is 2. The van der Waals surface area contributed by atoms with Crippen molar-refractivity contribution in [2.24, 2.45) is 0 Å². The third kappa shape index (κ3) is 1.82. The van der Waals surface area contributed by atoms with E-state index in [0.717, 1.165) is 9.04 Å². The summed E-state index contributed by atoms with van der Waals surface area (Å²) in [7, 11) is 0. The maximum Gasteiger partial charge on any atom is 0.426 e. The van der Waals surface area contributed by atoms with E-state index < -0.39 is 5.76 Å². The van der Waals surface area contributed by atoms with Gasteiger partial charge in [0, 0.05) is 10.9 Å². The van der Waals surface area contributed by atoms with Crippen molar-refractivity contribution < 1.29 is 9.21 Å². The van der Waals surface area contributed by atoms with Gasteiger partial charge in [-0.05, 0) is 24.6 Å². The number of hydrogen-bond donors (Lipinski definition) is 0. The maximum atomic E-state index is 11.7. The normalized spacial score (nSPS) is 10.9. The van der Waals surface area contributed by atoms with Crippen LogP contribution in [0.3, 0.4) is 0 Å². The Hall–Kier alpha value is -1.36. The number of oxazole rings is 1. The van der Waals surface area contributed by atoms with E-state index in [0.29, 0.717) is 23.9 Å². The van der Waals surface area contributed by atoms with Crippen molar-refractivity contribution in [2.75, 3.05) is 0 Å². The van der Waals surface area contributed by atoms with Crippen LogP contribution in [0.2, 0.25) is 0 Å². The van der Waals surface area contributed by atoms with Gasteiger partial charge >= 0.3 is 5.76 Å². The largest absolute Gasteiger partial charge is 0.426 e. The second-order valence-corrected chi connectivity index (χ2v) is 4.37. The molecule has 84 valence electrons. The quantitative estimate of drug-likeness (QED) is 0.852. The molecule has 0 saturated carbocycles. The fraction of sp³-hybridized carbons (Fsp3) is 0.273. The predicted molar refractivity (Wildman–Crippen MR) is 63.7 cm³/mol. The van der Waals surface area contributed by atoms with Gasteiger partial charge in [-0.3, -0.25) is 4.79 Å². The molecule has 0 aliphatic carbocycles. The van der Waals surface area contributed by atoms with E-state index in [4.69, 9.17) is 4.42 Å². The van der Waals surface area contributed by atoms with Gasteiger partial charge in [0.1, 0.15) is 0 Å². The van der Waals surface area contributed by atoms with Crippen LogP contribution in [0.4, 0.5) is 0 Å². The van der Waals surface area contributed by atoms with E-state index in [1.807, 2.05) is 6.92 Å². The first-order valence-electron chi connectivity index (χ1n) is 4.97. The molecule has 0 N–H and O–H groups in total. The zero-order valence-corrected chi connectivity index (χ0v) is 10.3. The Bertz CT molecular complexity index is 597. The molecule has 16 heavy (non-hydrogen) atoms. The highest BCUT2D eigenvalue weighted by Gasteiger charge is 2.14. The van der Waals surface area contributed by atoms with Gasteiger partial charge in [-0.25, -0.2) is 9.36 Å². The van der Waals surface area contributed by atoms with E-state index in [1.54, 1.807) is 18.2 Å². The summed E-state index contributed by atoms with van der Waals surface area (Å²) >= 11 is 3.28. The van der Waals surface area contributed by atoms with Crippen LogP contribution in [0.25, 0.3) is 11.1 Å². The third-order valence-corrected chi connectivity index (χ3v) is 2.75. The van der Waals surface area contributed by atoms with Gasteiger partial charge in [-0.15, -0.1) is 0 Å². The van der Waals surface area contributed by atoms with E-state index >= 15 is 0 Å². The summed E-state index contributed by atoms with van der Waals surface area (Å²) in [6, 6.07) is 5.14. The number of aromatic nitrogens is 1. The zero-order chi connectivity index (χ0) is 11.7. The van der Waals surface area contributed by atoms with E-state index in [1.165, 1.54) is 0 Å². The van der Waals surface area contributed by atoms with Crippen molar-refractivity contribution in [1.29, 1.82) is 0 Å². The lowest BCUT2D eigenvalue weighted by Crippen LogP contribution is -2.21. The van der Waals surface area contributed by atoms with Crippen molar-refractivity contribution in [1.82, 2.24) is 4.57 Å². The molecule has 2 rings (SSSR count). The summed E-state index contributed by atoms with van der Waals surface area (Å²) in [5, 5.41) is 0. The van der Waals surface area contributed by atoms with Gasteiger partial charge in [0.2, 0.25) is 5.91 Å². The van der Waals surface area contributed by atoms with E-state index in [-0.39, 0.29) is 5.91 Å². The molecule has 0 aliphatic heterocycles. The first-order valence-corrected chi connectivity index (χ1v) is 5.77. The lowest BCUT2D eigenvalue weighted by Gasteiger charge is -1.98. The molecule has 2 aromatic rings. The van der Waals surface area contributed by atoms with Crippen LogP contribution in [-0.2, 0) is 0 Å². The highest BCUT2D eigenvalue weighted by atomic mass is 79.9. The molecule has 1 heterocycles. The van der Waals surface area contributed by atoms with Gasteiger partial charge in [-0.1, -0.05) is 22.9 Å². The molecule has 0 spiro atoms. The van der Waals surface area contributed by atoms with Crippen molar-refractivity contribution in [2.45, 2.75) is 19.8 Å². The third-order valence-electron chi connectivity index (χ3n) is 2.26. The fourth-order valence-electron chi connectivity index (χ4n) is 1.55. The SMILES string of the molecule is CCCC(=O)n1c(=O)oc2cc(Br)ccc21. The van der Waals surface area contributed by atoms with Gasteiger partial charge in [0.15, 0.2) is 5.58 Å². The molecule has 0 unspecified atom stereocenters. The summed E-state index contributed by atoms with van der Waals surface area (Å²) in [4.78, 5) is 23.2. The molecule has 0 fully saturated rings. The Kier molecular flexibility index (Phi) is 2.96. The molecule has 0 amide bonds. The molecular weight excluding hydrogens is 274 g/mol. The van der Waals surface area contributed by atoms with Crippen LogP contribution in [-0.4, -0.2) is 10.5 Å². The summed E-state index contributed by atoms with van der Waals surface area (Å²) in [5.41, 5.74) is 0.940. The van der Waals surface area contributed by atoms with Crippen molar-refractivity contribution in [3.63, 3.8) is 0 Å². The number of carbonyl (C=O) groups is 1. The minimum atomic E-state index is -0.619. The van der Waals surface area contributed by atoms with Gasteiger partial charge < -0.3 is 4.42 Å². The predicted octanol–water partition coefficient (Wildman–Crippen LogP) is 2.80. The van der Waals surface area contributed by atoms with E-state index in [9.17, 15) is 9.59 Å². The molecule has 0 saturated heterocycles. The van der Waals surface area contributed by atoms with Crippen molar-refractivity contribution in [3.8, 4) is 0 Å². The molecule has 1 aromatic carbocycles. The number of nitrogens with zero attached hydrogens (tertiary/aromatic N) is 1. The number of benzene rings is 1. The average molecular weight is 284 g/mol. The Balaban J connectivity index is 2.65. The minimum Gasteiger partial charge on any atom is -0.407 e. The molecule has 0 bridgehead atoms. The number of carbonyl (C=O) groups excluding carboxylic acids is 1. The summed E-state index contributed by atoms with van der Waals surface area (Å²) in [6.45, 7) is 1.89. The van der Waals surface area contributed by atoms with Gasteiger partial charge in [0.25, 0.3) is 0 Å². The van der Waals surface area contributed by atoms with Crippen molar-refractivity contribution >= 4 is 32.9 Å². The maximum absolute atomic E-state index is 11.7. The van der Waals surface area contributed by atoms with Crippen molar-refractivity contribution in [3.05, 3.63) is 33.2 Å². The number of halogens is 1. The Morgan fingerprint density at radius 3 is 2.94 bits per heavy atom. The lowest BCUT2D eigenvalue weighted by atomic mass is 10.3. The second kappa shape index (κ2) is 4.25. The minimum absolute atomic E-state index is 0.228. The second-order valence-electron chi connectivity index (χ2n) is 3.46. The molecule has 0 radical (unpaired) electrons. The fourth-order valence-corrected chi connectivity index (χ4v) is 1.89. The molecule has 4 nitrogen and oxygen atoms in total. The zero-order valence-electron chi connectivity index (χ0n) is 8.70. The monoisotopic (exact) mass is 283 g/mol. The number of hydrogen-bond acceptors (Lipinski definition) is 3. The van der Waals surface area contributed by atoms with Crippen LogP contribution in [0.15, 0.2) is 31.9 Å². The Morgan fingerprint density at radius 1 is 1.50 bits per heavy atom. The molecule has 5 heteroatoms. The van der Waals surface area contributed by atoms with Crippen LogP contribution in [0.5, 0.6) is 0 Å². The summed E-state index contributed by atoms with van der Waals surface area (Å²) in [6.07, 6.45) is 1.04. The van der Waals surface area contributed by atoms with E-state index in [2.05, 4.69) is 15.9 Å². The Morgan fingerprint density at radius 2 is 2.25 bits per heavy atom. The molecular formula is C11H10BrNO3. The van der Waals surface area contributed by atoms with Crippen LogP contribution >= 0.6 is 15.9 Å². The highest BCUT2D eigenvalue weighted by Crippen LogP contribution is 2.19. The molecule has 0 aliphatic rings. The van der Waals surface area contributed by atoms with Crippen LogP contribution in [0, 0.1) is 0 Å². The van der Waals surface area contributed by atoms with Gasteiger partial charge in [-0.2, -0.15) is 0 Å². The topological polar surface area (TPSA) is 52.2 Å². The smallest absolute Gasteiger partial charge is 0.407 e. The highest BCUT2D eigenvalue weighted by molar-refractivity contribution is 9.10. The first-order chi connectivity index (χ1) is 7.63. The number of fused-ring (bicyclic) bond motifs is 1. The van der Waals surface area contributed by atoms with Gasteiger partial charge in [0.05, 0.1) is 5.52 Å². The average Bonchev–Trinajstić information content (AvgIpc) is 2.53. The summed E-state index contributed by atoms with van der Waals surface area (Å²) < 4.78 is 6.90. The summed E-state index contributed by atoms with van der Waals surface area (Å²) in [5.74, 6) is -0.847. The molecule has 1 aromatic heterocycles. The van der Waals surface area contributed by atoms with Crippen LogP contribution < -0.4 is 5.76 Å². The Labute approximate surface area is 100.0 Å².